The second-order valence-electron chi connectivity index (χ2n) is 5.20. The summed E-state index contributed by atoms with van der Waals surface area (Å²) in [6, 6.07) is 3.40. The molecule has 6 nitrogen and oxygen atoms in total. The van der Waals surface area contributed by atoms with Crippen molar-refractivity contribution in [2.24, 2.45) is 0 Å². The first-order valence-electron chi connectivity index (χ1n) is 6.06. The molecule has 1 aromatic heterocycles. The Kier molecular flexibility index (Phi) is 5.26. The summed E-state index contributed by atoms with van der Waals surface area (Å²) in [7, 11) is 0. The molecule has 2 amide bonds. The van der Waals surface area contributed by atoms with Crippen molar-refractivity contribution in [2.75, 3.05) is 13.1 Å². The van der Waals surface area contributed by atoms with Crippen LogP contribution in [-0.4, -0.2) is 46.4 Å². The van der Waals surface area contributed by atoms with E-state index in [-0.39, 0.29) is 12.5 Å². The molecular formula is C13H18N2O4S. The fourth-order valence-corrected chi connectivity index (χ4v) is 2.22. The molecule has 110 valence electrons. The van der Waals surface area contributed by atoms with Crippen LogP contribution in [0.25, 0.3) is 0 Å². The molecule has 0 radical (unpaired) electrons. The van der Waals surface area contributed by atoms with Gasteiger partial charge >= 0.3 is 5.97 Å². The van der Waals surface area contributed by atoms with E-state index in [9.17, 15) is 14.4 Å². The minimum atomic E-state index is -1.09. The summed E-state index contributed by atoms with van der Waals surface area (Å²) in [6.07, 6.45) is 0. The van der Waals surface area contributed by atoms with E-state index in [0.29, 0.717) is 4.88 Å². The van der Waals surface area contributed by atoms with Crippen LogP contribution in [0.5, 0.6) is 0 Å². The molecule has 0 aromatic carbocycles. The molecule has 0 fully saturated rings. The van der Waals surface area contributed by atoms with Gasteiger partial charge in [-0.25, -0.2) is 0 Å². The van der Waals surface area contributed by atoms with Crippen LogP contribution in [0.2, 0.25) is 0 Å². The van der Waals surface area contributed by atoms with Gasteiger partial charge in [0, 0.05) is 5.54 Å². The third-order valence-corrected chi connectivity index (χ3v) is 3.42. The van der Waals surface area contributed by atoms with E-state index >= 15 is 0 Å². The second kappa shape index (κ2) is 6.51. The van der Waals surface area contributed by atoms with Gasteiger partial charge in [0.1, 0.15) is 6.54 Å². The van der Waals surface area contributed by atoms with Gasteiger partial charge in [-0.3, -0.25) is 14.4 Å². The lowest BCUT2D eigenvalue weighted by atomic mass is 10.1. The zero-order valence-corrected chi connectivity index (χ0v) is 12.5. The highest BCUT2D eigenvalue weighted by Gasteiger charge is 2.28. The van der Waals surface area contributed by atoms with Crippen LogP contribution in [0.4, 0.5) is 0 Å². The fourth-order valence-electron chi connectivity index (χ4n) is 1.58. The SMILES string of the molecule is CC(C)(C)N(CC(=O)O)C(=O)CNC(=O)c1cccs1. The van der Waals surface area contributed by atoms with Crippen molar-refractivity contribution in [2.45, 2.75) is 26.3 Å². The molecule has 0 aliphatic carbocycles. The number of hydrogen-bond acceptors (Lipinski definition) is 4. The summed E-state index contributed by atoms with van der Waals surface area (Å²) in [5, 5.41) is 13.1. The van der Waals surface area contributed by atoms with Gasteiger partial charge in [0.05, 0.1) is 11.4 Å². The van der Waals surface area contributed by atoms with Crippen LogP contribution in [0.1, 0.15) is 30.4 Å². The van der Waals surface area contributed by atoms with E-state index in [1.807, 2.05) is 0 Å². The van der Waals surface area contributed by atoms with E-state index in [1.165, 1.54) is 16.2 Å². The molecule has 0 atom stereocenters. The number of carboxylic acid groups (broad SMARTS) is 1. The Bertz CT molecular complexity index is 491. The highest BCUT2D eigenvalue weighted by molar-refractivity contribution is 7.12. The molecule has 20 heavy (non-hydrogen) atoms. The first-order chi connectivity index (χ1) is 9.21. The molecule has 1 heterocycles. The number of thiophene rings is 1. The van der Waals surface area contributed by atoms with Gasteiger partial charge in [-0.2, -0.15) is 0 Å². The predicted molar refractivity (Wildman–Crippen MR) is 75.8 cm³/mol. The van der Waals surface area contributed by atoms with Crippen molar-refractivity contribution in [3.63, 3.8) is 0 Å². The Balaban J connectivity index is 2.63. The van der Waals surface area contributed by atoms with E-state index in [0.717, 1.165) is 0 Å². The normalized spacial score (nSPS) is 10.9. The van der Waals surface area contributed by atoms with Crippen molar-refractivity contribution in [1.82, 2.24) is 10.2 Å². The Morgan fingerprint density at radius 1 is 1.35 bits per heavy atom. The lowest BCUT2D eigenvalue weighted by Gasteiger charge is -2.34. The van der Waals surface area contributed by atoms with E-state index in [1.54, 1.807) is 38.3 Å². The van der Waals surface area contributed by atoms with Gasteiger partial charge in [0.2, 0.25) is 5.91 Å². The molecule has 1 aromatic rings. The largest absolute Gasteiger partial charge is 0.480 e. The molecule has 0 unspecified atom stereocenters. The molecule has 0 spiro atoms. The molecule has 1 rings (SSSR count). The van der Waals surface area contributed by atoms with Crippen molar-refractivity contribution in [1.29, 1.82) is 0 Å². The third-order valence-electron chi connectivity index (χ3n) is 2.55. The molecule has 0 aliphatic rings. The number of nitrogens with one attached hydrogen (secondary N) is 1. The maximum absolute atomic E-state index is 12.1. The fraction of sp³-hybridized carbons (Fsp3) is 0.462. The highest BCUT2D eigenvalue weighted by Crippen LogP contribution is 2.13. The van der Waals surface area contributed by atoms with Gasteiger partial charge in [-0.15, -0.1) is 11.3 Å². The number of carbonyl (C=O) groups is 3. The summed E-state index contributed by atoms with van der Waals surface area (Å²) in [4.78, 5) is 36.3. The topological polar surface area (TPSA) is 86.7 Å². The molecule has 0 saturated carbocycles. The maximum atomic E-state index is 12.1. The number of carbonyl (C=O) groups excluding carboxylic acids is 2. The van der Waals surface area contributed by atoms with Gasteiger partial charge < -0.3 is 15.3 Å². The Morgan fingerprint density at radius 3 is 2.45 bits per heavy atom. The minimum absolute atomic E-state index is 0.221. The van der Waals surface area contributed by atoms with E-state index in [4.69, 9.17) is 5.11 Å². The molecule has 7 heteroatoms. The van der Waals surface area contributed by atoms with Gasteiger partial charge in [-0.1, -0.05) is 6.07 Å². The zero-order valence-electron chi connectivity index (χ0n) is 11.7. The lowest BCUT2D eigenvalue weighted by molar-refractivity contribution is -0.147. The molecule has 0 saturated heterocycles. The van der Waals surface area contributed by atoms with Gasteiger partial charge in [0.25, 0.3) is 5.91 Å². The Morgan fingerprint density at radius 2 is 2.00 bits per heavy atom. The average molecular weight is 298 g/mol. The number of carboxylic acids is 1. The van der Waals surface area contributed by atoms with Crippen molar-refractivity contribution < 1.29 is 19.5 Å². The number of hydrogen-bond donors (Lipinski definition) is 2. The Labute approximate surface area is 121 Å². The zero-order chi connectivity index (χ0) is 15.3. The summed E-state index contributed by atoms with van der Waals surface area (Å²) >= 11 is 1.28. The number of amides is 2. The standard InChI is InChI=1S/C13H18N2O4S/c1-13(2,3)15(8-11(17)18)10(16)7-14-12(19)9-5-4-6-20-9/h4-6H,7-8H2,1-3H3,(H,14,19)(H,17,18). The van der Waals surface area contributed by atoms with Crippen LogP contribution in [0.15, 0.2) is 17.5 Å². The first-order valence-corrected chi connectivity index (χ1v) is 6.93. The minimum Gasteiger partial charge on any atom is -0.480 e. The van der Waals surface area contributed by atoms with Crippen molar-refractivity contribution in [3.8, 4) is 0 Å². The number of nitrogens with zero attached hydrogens (tertiary/aromatic N) is 1. The lowest BCUT2D eigenvalue weighted by Crippen LogP contribution is -2.51. The second-order valence-corrected chi connectivity index (χ2v) is 6.15. The average Bonchev–Trinajstić information content (AvgIpc) is 2.84. The van der Waals surface area contributed by atoms with E-state index in [2.05, 4.69) is 5.32 Å². The highest BCUT2D eigenvalue weighted by atomic mass is 32.1. The predicted octanol–water partition coefficient (Wildman–Crippen LogP) is 1.19. The smallest absolute Gasteiger partial charge is 0.323 e. The molecule has 0 aliphatic heterocycles. The van der Waals surface area contributed by atoms with Crippen LogP contribution in [0, 0.1) is 0 Å². The summed E-state index contributed by atoms with van der Waals surface area (Å²) < 4.78 is 0. The molecular weight excluding hydrogens is 280 g/mol. The molecule has 0 bridgehead atoms. The number of aliphatic carboxylic acids is 1. The van der Waals surface area contributed by atoms with Crippen molar-refractivity contribution in [3.05, 3.63) is 22.4 Å². The third kappa shape index (κ3) is 4.65. The van der Waals surface area contributed by atoms with Crippen molar-refractivity contribution >= 4 is 29.1 Å². The summed E-state index contributed by atoms with van der Waals surface area (Å²) in [6.45, 7) is 4.62. The van der Waals surface area contributed by atoms with E-state index < -0.39 is 24.0 Å². The maximum Gasteiger partial charge on any atom is 0.323 e. The van der Waals surface area contributed by atoms with Gasteiger partial charge in [0.15, 0.2) is 0 Å². The van der Waals surface area contributed by atoms with Gasteiger partial charge in [-0.05, 0) is 32.2 Å². The molecule has 2 N–H and O–H groups in total. The van der Waals surface area contributed by atoms with Crippen LogP contribution in [-0.2, 0) is 9.59 Å². The van der Waals surface area contributed by atoms with Crippen LogP contribution in [0.3, 0.4) is 0 Å². The summed E-state index contributed by atoms with van der Waals surface area (Å²) in [5.41, 5.74) is -0.622. The van der Waals surface area contributed by atoms with Crippen LogP contribution < -0.4 is 5.32 Å². The summed E-state index contributed by atoms with van der Waals surface area (Å²) in [5.74, 6) is -1.85. The first kappa shape index (κ1) is 16.2. The quantitative estimate of drug-likeness (QED) is 0.855. The monoisotopic (exact) mass is 298 g/mol. The Hall–Kier alpha value is -1.89. The van der Waals surface area contributed by atoms with Crippen LogP contribution >= 0.6 is 11.3 Å². The number of rotatable bonds is 5.